The van der Waals surface area contributed by atoms with Crippen LogP contribution in [0.2, 0.25) is 0 Å². The fourth-order valence-electron chi connectivity index (χ4n) is 1.59. The van der Waals surface area contributed by atoms with Crippen molar-refractivity contribution in [2.45, 2.75) is 12.8 Å². The lowest BCUT2D eigenvalue weighted by Gasteiger charge is -2.09. The van der Waals surface area contributed by atoms with Crippen LogP contribution in [0.1, 0.15) is 18.4 Å². The Labute approximate surface area is 114 Å². The van der Waals surface area contributed by atoms with E-state index in [0.29, 0.717) is 24.5 Å². The molecule has 0 aliphatic carbocycles. The topological polar surface area (TPSA) is 80.3 Å². The number of rotatable bonds is 9. The summed E-state index contributed by atoms with van der Waals surface area (Å²) in [5.41, 5.74) is 7.90. The minimum Gasteiger partial charge on any atom is -0.397 e. The molecule has 5 heteroatoms. The number of hydrogen-bond acceptors (Lipinski definition) is 5. The van der Waals surface area contributed by atoms with Gasteiger partial charge in [0, 0.05) is 20.3 Å². The minimum absolute atomic E-state index is 0.578. The molecule has 0 unspecified atom stereocenters. The van der Waals surface area contributed by atoms with E-state index in [4.69, 9.17) is 20.5 Å². The average molecular weight is 263 g/mol. The lowest BCUT2D eigenvalue weighted by molar-refractivity contribution is 0.0691. The predicted molar refractivity (Wildman–Crippen MR) is 76.0 cm³/mol. The fraction of sp³-hybridized carbons (Fsp3) is 0.500. The van der Waals surface area contributed by atoms with Crippen molar-refractivity contribution in [3.8, 4) is 6.07 Å². The lowest BCUT2D eigenvalue weighted by atomic mass is 10.2. The maximum atomic E-state index is 8.74. The number of nitrogens with one attached hydrogen (secondary N) is 1. The van der Waals surface area contributed by atoms with E-state index in [1.54, 1.807) is 19.2 Å². The third-order valence-electron chi connectivity index (χ3n) is 2.64. The Hall–Kier alpha value is -1.77. The molecule has 0 saturated carbocycles. The number of hydrogen-bond donors (Lipinski definition) is 2. The molecular weight excluding hydrogens is 242 g/mol. The van der Waals surface area contributed by atoms with Gasteiger partial charge in [-0.1, -0.05) is 0 Å². The second-order valence-corrected chi connectivity index (χ2v) is 4.15. The number of methoxy groups -OCH3 is 1. The molecule has 19 heavy (non-hydrogen) atoms. The molecule has 0 fully saturated rings. The Morgan fingerprint density at radius 2 is 2.11 bits per heavy atom. The van der Waals surface area contributed by atoms with Crippen LogP contribution in [-0.2, 0) is 9.47 Å². The number of benzene rings is 1. The molecule has 0 heterocycles. The first-order valence-electron chi connectivity index (χ1n) is 6.38. The second kappa shape index (κ2) is 9.20. The van der Waals surface area contributed by atoms with Gasteiger partial charge in [-0.25, -0.2) is 0 Å². The molecule has 1 aromatic carbocycles. The number of nitriles is 1. The molecule has 1 aromatic rings. The van der Waals surface area contributed by atoms with Gasteiger partial charge in [0.15, 0.2) is 0 Å². The largest absolute Gasteiger partial charge is 0.397 e. The second-order valence-electron chi connectivity index (χ2n) is 4.15. The number of ether oxygens (including phenoxy) is 2. The van der Waals surface area contributed by atoms with E-state index in [0.717, 1.165) is 31.7 Å². The molecule has 0 radical (unpaired) electrons. The molecule has 0 aliphatic rings. The highest BCUT2D eigenvalue weighted by Gasteiger charge is 1.99. The van der Waals surface area contributed by atoms with Gasteiger partial charge in [-0.05, 0) is 31.0 Å². The van der Waals surface area contributed by atoms with Gasteiger partial charge in [0.05, 0.1) is 36.2 Å². The van der Waals surface area contributed by atoms with Gasteiger partial charge in [-0.2, -0.15) is 5.26 Å². The van der Waals surface area contributed by atoms with E-state index in [1.165, 1.54) is 0 Å². The van der Waals surface area contributed by atoms with E-state index in [2.05, 4.69) is 11.4 Å². The predicted octanol–water partition coefficient (Wildman–Crippen LogP) is 2.00. The van der Waals surface area contributed by atoms with Crippen molar-refractivity contribution in [1.29, 1.82) is 5.26 Å². The summed E-state index contributed by atoms with van der Waals surface area (Å²) < 4.78 is 10.3. The van der Waals surface area contributed by atoms with Crippen molar-refractivity contribution in [3.63, 3.8) is 0 Å². The first-order chi connectivity index (χ1) is 9.27. The SMILES string of the molecule is COCCOCCCCNc1ccc(C#N)cc1N. The Morgan fingerprint density at radius 1 is 1.26 bits per heavy atom. The van der Waals surface area contributed by atoms with Crippen LogP contribution >= 0.6 is 0 Å². The van der Waals surface area contributed by atoms with Crippen LogP contribution in [0.25, 0.3) is 0 Å². The van der Waals surface area contributed by atoms with Crippen molar-refractivity contribution >= 4 is 11.4 Å². The van der Waals surface area contributed by atoms with Crippen LogP contribution < -0.4 is 11.1 Å². The maximum Gasteiger partial charge on any atom is 0.0992 e. The number of nitrogen functional groups attached to an aromatic ring is 1. The smallest absolute Gasteiger partial charge is 0.0992 e. The number of nitrogens with zero attached hydrogens (tertiary/aromatic N) is 1. The molecule has 5 nitrogen and oxygen atoms in total. The van der Waals surface area contributed by atoms with E-state index in [-0.39, 0.29) is 0 Å². The van der Waals surface area contributed by atoms with Crippen LogP contribution in [0.4, 0.5) is 11.4 Å². The summed E-state index contributed by atoms with van der Waals surface area (Å²) in [6, 6.07) is 7.33. The first kappa shape index (κ1) is 15.3. The summed E-state index contributed by atoms with van der Waals surface area (Å²) in [4.78, 5) is 0. The average Bonchev–Trinajstić information content (AvgIpc) is 2.43. The molecule has 0 saturated heterocycles. The molecule has 0 aromatic heterocycles. The number of unbranched alkanes of at least 4 members (excludes halogenated alkanes) is 1. The fourth-order valence-corrected chi connectivity index (χ4v) is 1.59. The van der Waals surface area contributed by atoms with Crippen LogP contribution in [-0.4, -0.2) is 33.5 Å². The molecule has 3 N–H and O–H groups in total. The van der Waals surface area contributed by atoms with Gasteiger partial charge in [-0.15, -0.1) is 0 Å². The summed E-state index contributed by atoms with van der Waals surface area (Å²) in [6.07, 6.45) is 2.00. The summed E-state index contributed by atoms with van der Waals surface area (Å²) in [5.74, 6) is 0. The summed E-state index contributed by atoms with van der Waals surface area (Å²) in [7, 11) is 1.66. The van der Waals surface area contributed by atoms with Crippen LogP contribution in [0.5, 0.6) is 0 Å². The molecule has 104 valence electrons. The van der Waals surface area contributed by atoms with Gasteiger partial charge in [0.25, 0.3) is 0 Å². The monoisotopic (exact) mass is 263 g/mol. The maximum absolute atomic E-state index is 8.74. The molecule has 0 atom stereocenters. The van der Waals surface area contributed by atoms with Gasteiger partial charge < -0.3 is 20.5 Å². The van der Waals surface area contributed by atoms with Crippen molar-refractivity contribution in [1.82, 2.24) is 0 Å². The third kappa shape index (κ3) is 6.09. The Balaban J connectivity index is 2.14. The zero-order chi connectivity index (χ0) is 13.9. The van der Waals surface area contributed by atoms with Crippen LogP contribution in [0, 0.1) is 11.3 Å². The molecular formula is C14H21N3O2. The highest BCUT2D eigenvalue weighted by atomic mass is 16.5. The van der Waals surface area contributed by atoms with Crippen molar-refractivity contribution < 1.29 is 9.47 Å². The van der Waals surface area contributed by atoms with E-state index < -0.39 is 0 Å². The van der Waals surface area contributed by atoms with Crippen LogP contribution in [0.15, 0.2) is 18.2 Å². The molecule has 0 spiro atoms. The third-order valence-corrected chi connectivity index (χ3v) is 2.64. The zero-order valence-electron chi connectivity index (χ0n) is 11.3. The summed E-state index contributed by atoms with van der Waals surface area (Å²) in [5, 5.41) is 12.0. The van der Waals surface area contributed by atoms with Gasteiger partial charge in [0.1, 0.15) is 0 Å². The van der Waals surface area contributed by atoms with Crippen molar-refractivity contribution in [3.05, 3.63) is 23.8 Å². The van der Waals surface area contributed by atoms with Gasteiger partial charge >= 0.3 is 0 Å². The van der Waals surface area contributed by atoms with E-state index in [1.807, 2.05) is 6.07 Å². The quantitative estimate of drug-likeness (QED) is 0.526. The van der Waals surface area contributed by atoms with E-state index >= 15 is 0 Å². The highest BCUT2D eigenvalue weighted by Crippen LogP contribution is 2.19. The normalized spacial score (nSPS) is 10.1. The van der Waals surface area contributed by atoms with Gasteiger partial charge in [0.2, 0.25) is 0 Å². The molecule has 1 rings (SSSR count). The van der Waals surface area contributed by atoms with Crippen molar-refractivity contribution in [2.24, 2.45) is 0 Å². The number of anilines is 2. The summed E-state index contributed by atoms with van der Waals surface area (Å²) in [6.45, 7) is 2.87. The highest BCUT2D eigenvalue weighted by molar-refractivity contribution is 5.68. The Morgan fingerprint density at radius 3 is 2.79 bits per heavy atom. The standard InChI is InChI=1S/C14H21N3O2/c1-18-8-9-19-7-3-2-6-17-14-5-4-12(11-15)10-13(14)16/h4-5,10,17H,2-3,6-9,16H2,1H3. The zero-order valence-corrected chi connectivity index (χ0v) is 11.3. The Bertz CT molecular complexity index is 416. The van der Waals surface area contributed by atoms with Crippen LogP contribution in [0.3, 0.4) is 0 Å². The Kier molecular flexibility index (Phi) is 7.40. The number of nitrogens with two attached hydrogens (primary N) is 1. The first-order valence-corrected chi connectivity index (χ1v) is 6.38. The van der Waals surface area contributed by atoms with E-state index in [9.17, 15) is 0 Å². The molecule has 0 aliphatic heterocycles. The van der Waals surface area contributed by atoms with Crippen molar-refractivity contribution in [2.75, 3.05) is 44.5 Å². The lowest BCUT2D eigenvalue weighted by Crippen LogP contribution is -2.07. The molecule has 0 bridgehead atoms. The van der Waals surface area contributed by atoms with Gasteiger partial charge in [-0.3, -0.25) is 0 Å². The summed E-state index contributed by atoms with van der Waals surface area (Å²) >= 11 is 0. The molecule has 0 amide bonds. The minimum atomic E-state index is 0.578.